The highest BCUT2D eigenvalue weighted by Gasteiger charge is 2.26. The highest BCUT2D eigenvalue weighted by atomic mass is 32.2. The van der Waals surface area contributed by atoms with Crippen LogP contribution in [0.4, 0.5) is 5.69 Å². The lowest BCUT2D eigenvalue weighted by molar-refractivity contribution is -0.386. The zero-order valence-corrected chi connectivity index (χ0v) is 16.4. The quantitative estimate of drug-likeness (QED) is 0.349. The van der Waals surface area contributed by atoms with Gasteiger partial charge in [-0.1, -0.05) is 13.8 Å². The highest BCUT2D eigenvalue weighted by molar-refractivity contribution is 7.89. The number of methoxy groups -OCH3 is 1. The second kappa shape index (κ2) is 8.85. The highest BCUT2D eigenvalue weighted by Crippen LogP contribution is 2.31. The van der Waals surface area contributed by atoms with Crippen LogP contribution in [0.3, 0.4) is 0 Å². The Morgan fingerprint density at radius 2 is 1.89 bits per heavy atom. The molecule has 0 bridgehead atoms. The van der Waals surface area contributed by atoms with E-state index in [0.29, 0.717) is 0 Å². The van der Waals surface area contributed by atoms with E-state index < -0.39 is 26.6 Å². The molecule has 1 heterocycles. The fraction of sp³-hybridized carbons (Fsp3) is 0.353. The third-order valence-electron chi connectivity index (χ3n) is 3.89. The first-order valence-corrected chi connectivity index (χ1v) is 9.77. The third kappa shape index (κ3) is 4.49. The van der Waals surface area contributed by atoms with Crippen LogP contribution in [0, 0.1) is 10.1 Å². The van der Waals surface area contributed by atoms with E-state index in [0.717, 1.165) is 6.07 Å². The van der Waals surface area contributed by atoms with Gasteiger partial charge in [0.15, 0.2) is 5.75 Å². The minimum absolute atomic E-state index is 0.0312. The lowest BCUT2D eigenvalue weighted by Crippen LogP contribution is -2.30. The third-order valence-corrected chi connectivity index (χ3v) is 5.93. The van der Waals surface area contributed by atoms with Gasteiger partial charge in [-0.3, -0.25) is 10.1 Å². The van der Waals surface area contributed by atoms with Gasteiger partial charge in [-0.15, -0.1) is 0 Å². The maximum Gasteiger partial charge on any atom is 0.373 e. The molecular weight excluding hydrogens is 392 g/mol. The Kier molecular flexibility index (Phi) is 6.75. The molecule has 2 rings (SSSR count). The number of nitro groups is 1. The number of esters is 1. The number of sulfonamides is 1. The predicted octanol–water partition coefficient (Wildman–Crippen LogP) is 2.58. The fourth-order valence-corrected chi connectivity index (χ4v) is 3.93. The summed E-state index contributed by atoms with van der Waals surface area (Å²) in [4.78, 5) is 21.8. The Morgan fingerprint density at radius 1 is 1.21 bits per heavy atom. The number of rotatable bonds is 9. The maximum absolute atomic E-state index is 12.6. The van der Waals surface area contributed by atoms with Gasteiger partial charge in [-0.25, -0.2) is 13.2 Å². The average Bonchev–Trinajstić information content (AvgIpc) is 3.15. The molecule has 28 heavy (non-hydrogen) atoms. The molecule has 0 aliphatic rings. The predicted molar refractivity (Wildman–Crippen MR) is 97.6 cm³/mol. The van der Waals surface area contributed by atoms with E-state index in [1.54, 1.807) is 13.8 Å². The van der Waals surface area contributed by atoms with Gasteiger partial charge in [0, 0.05) is 19.2 Å². The van der Waals surface area contributed by atoms with E-state index in [1.165, 1.54) is 35.7 Å². The number of carbonyl (C=O) groups is 1. The molecule has 2 aromatic rings. The molecule has 1 aromatic heterocycles. The smallest absolute Gasteiger partial charge is 0.373 e. The summed E-state index contributed by atoms with van der Waals surface area (Å²) in [6, 6.07) is 6.29. The van der Waals surface area contributed by atoms with Crippen LogP contribution in [-0.4, -0.2) is 43.8 Å². The maximum atomic E-state index is 12.6. The number of hydrogen-bond donors (Lipinski definition) is 0. The van der Waals surface area contributed by atoms with Crippen LogP contribution < -0.4 is 4.74 Å². The van der Waals surface area contributed by atoms with Gasteiger partial charge in [0.2, 0.25) is 15.8 Å². The molecule has 0 aliphatic heterocycles. The Morgan fingerprint density at radius 3 is 2.46 bits per heavy atom. The van der Waals surface area contributed by atoms with Crippen molar-refractivity contribution in [1.82, 2.24) is 4.31 Å². The van der Waals surface area contributed by atoms with Crippen molar-refractivity contribution >= 4 is 21.7 Å². The zero-order chi connectivity index (χ0) is 20.9. The lowest BCUT2D eigenvalue weighted by atomic mass is 10.3. The number of nitrogens with zero attached hydrogens (tertiary/aromatic N) is 2. The monoisotopic (exact) mass is 412 g/mol. The van der Waals surface area contributed by atoms with Crippen molar-refractivity contribution < 1.29 is 32.0 Å². The first kappa shape index (κ1) is 21.4. The molecule has 0 spiro atoms. The Bertz CT molecular complexity index is 963. The molecule has 0 fully saturated rings. The molecule has 0 saturated carbocycles. The van der Waals surface area contributed by atoms with Crippen LogP contribution in [0.15, 0.2) is 39.6 Å². The van der Waals surface area contributed by atoms with Crippen LogP contribution in [0.2, 0.25) is 0 Å². The van der Waals surface area contributed by atoms with Crippen LogP contribution in [0.1, 0.15) is 30.2 Å². The summed E-state index contributed by atoms with van der Waals surface area (Å²) in [6.07, 6.45) is 0. The summed E-state index contributed by atoms with van der Waals surface area (Å²) in [5, 5.41) is 11.4. The first-order valence-electron chi connectivity index (χ1n) is 8.33. The zero-order valence-electron chi connectivity index (χ0n) is 15.6. The summed E-state index contributed by atoms with van der Waals surface area (Å²) < 4.78 is 41.5. The first-order chi connectivity index (χ1) is 13.2. The second-order valence-corrected chi connectivity index (χ2v) is 7.46. The molecule has 152 valence electrons. The molecule has 1 aromatic carbocycles. The number of benzene rings is 1. The molecule has 0 amide bonds. The van der Waals surface area contributed by atoms with Crippen LogP contribution >= 0.6 is 0 Å². The molecule has 0 radical (unpaired) electrons. The molecule has 0 N–H and O–H groups in total. The van der Waals surface area contributed by atoms with E-state index in [1.807, 2.05) is 0 Å². The van der Waals surface area contributed by atoms with E-state index in [-0.39, 0.29) is 41.9 Å². The van der Waals surface area contributed by atoms with E-state index in [9.17, 15) is 23.3 Å². The number of hydrogen-bond acceptors (Lipinski definition) is 8. The van der Waals surface area contributed by atoms with Crippen LogP contribution in [0.25, 0.3) is 0 Å². The Labute approximate surface area is 161 Å². The Hall–Kier alpha value is -2.92. The van der Waals surface area contributed by atoms with Crippen molar-refractivity contribution in [3.05, 3.63) is 52.0 Å². The van der Waals surface area contributed by atoms with Crippen molar-refractivity contribution in [1.29, 1.82) is 0 Å². The standard InChI is InChI=1S/C17H20N2O8S/c1-4-18(5-2)28(23,24)13-7-9-15(14(10-13)19(21)22)26-11-12-6-8-16(27-12)17(20)25-3/h6-10H,4-5,11H2,1-3H3. The SMILES string of the molecule is CCN(CC)S(=O)(=O)c1ccc(OCc2ccc(C(=O)OC)o2)c([N+](=O)[O-])c1. The van der Waals surface area contributed by atoms with Gasteiger partial charge < -0.3 is 13.9 Å². The van der Waals surface area contributed by atoms with Crippen molar-refractivity contribution in [2.24, 2.45) is 0 Å². The Balaban J connectivity index is 2.27. The van der Waals surface area contributed by atoms with Crippen molar-refractivity contribution in [3.8, 4) is 5.75 Å². The molecule has 0 aliphatic carbocycles. The largest absolute Gasteiger partial charge is 0.479 e. The number of furan rings is 1. The fourth-order valence-electron chi connectivity index (χ4n) is 2.45. The summed E-state index contributed by atoms with van der Waals surface area (Å²) in [5.74, 6) is -0.575. The van der Waals surface area contributed by atoms with E-state index in [2.05, 4.69) is 4.74 Å². The minimum atomic E-state index is -3.85. The molecule has 0 unspecified atom stereocenters. The van der Waals surface area contributed by atoms with Crippen molar-refractivity contribution in [3.63, 3.8) is 0 Å². The topological polar surface area (TPSA) is 129 Å². The van der Waals surface area contributed by atoms with Gasteiger partial charge in [0.25, 0.3) is 0 Å². The van der Waals surface area contributed by atoms with Crippen LogP contribution in [-0.2, 0) is 21.4 Å². The number of nitro benzene ring substituents is 1. The van der Waals surface area contributed by atoms with Gasteiger partial charge in [-0.05, 0) is 24.3 Å². The number of carbonyl (C=O) groups excluding carboxylic acids is 1. The van der Waals surface area contributed by atoms with Crippen LogP contribution in [0.5, 0.6) is 5.75 Å². The van der Waals surface area contributed by atoms with Crippen molar-refractivity contribution in [2.75, 3.05) is 20.2 Å². The molecule has 11 heteroatoms. The molecule has 0 saturated heterocycles. The minimum Gasteiger partial charge on any atom is -0.479 e. The average molecular weight is 412 g/mol. The van der Waals surface area contributed by atoms with E-state index in [4.69, 9.17) is 9.15 Å². The molecular formula is C17H20N2O8S. The van der Waals surface area contributed by atoms with Gasteiger partial charge in [-0.2, -0.15) is 4.31 Å². The lowest BCUT2D eigenvalue weighted by Gasteiger charge is -2.18. The van der Waals surface area contributed by atoms with Gasteiger partial charge in [0.05, 0.1) is 16.9 Å². The van der Waals surface area contributed by atoms with Crippen molar-refractivity contribution in [2.45, 2.75) is 25.3 Å². The van der Waals surface area contributed by atoms with Gasteiger partial charge >= 0.3 is 11.7 Å². The molecule has 10 nitrogen and oxygen atoms in total. The summed E-state index contributed by atoms with van der Waals surface area (Å²) in [5.41, 5.74) is -0.493. The summed E-state index contributed by atoms with van der Waals surface area (Å²) >= 11 is 0. The summed E-state index contributed by atoms with van der Waals surface area (Å²) in [6.45, 7) is 3.65. The van der Waals surface area contributed by atoms with E-state index >= 15 is 0 Å². The normalized spacial score (nSPS) is 11.4. The second-order valence-electron chi connectivity index (χ2n) is 5.52. The van der Waals surface area contributed by atoms with Gasteiger partial charge in [0.1, 0.15) is 12.4 Å². The number of ether oxygens (including phenoxy) is 2. The molecule has 0 atom stereocenters. The summed E-state index contributed by atoms with van der Waals surface area (Å²) in [7, 11) is -2.64.